The van der Waals surface area contributed by atoms with Crippen LogP contribution in [0.15, 0.2) is 97.9 Å². The Labute approximate surface area is 428 Å². The molecule has 1 fully saturated rings. The number of primary amides is 2. The van der Waals surface area contributed by atoms with Gasteiger partial charge in [-0.2, -0.15) is 0 Å². The zero-order valence-electron chi connectivity index (χ0n) is 42.9. The summed E-state index contributed by atoms with van der Waals surface area (Å²) in [7, 11) is 4.55. The first-order valence-electron chi connectivity index (χ1n) is 23.8. The third-order valence-corrected chi connectivity index (χ3v) is 11.1. The van der Waals surface area contributed by atoms with Gasteiger partial charge < -0.3 is 57.2 Å². The number of phenolic OH excluding ortho intramolecular Hbond substituents is 1. The fourth-order valence-electron chi connectivity index (χ4n) is 6.86. The number of carbonyl (C=O) groups excluding carboxylic acids is 8. The van der Waals surface area contributed by atoms with Crippen LogP contribution in [0.2, 0.25) is 0 Å². The van der Waals surface area contributed by atoms with E-state index in [9.17, 15) is 43.5 Å². The summed E-state index contributed by atoms with van der Waals surface area (Å²) in [6.07, 6.45) is 12.4. The molecule has 4 rings (SSSR count). The number of likely N-dealkylation sites (N-methyl/N-ethyl adjacent to an activating group) is 1. The second-order valence-corrected chi connectivity index (χ2v) is 17.0. The minimum atomic E-state index is -1.36. The quantitative estimate of drug-likeness (QED) is 0.0262. The topological polar surface area (TPSA) is 321 Å². The number of unbranched alkanes of at least 4 members (excludes halogenated alkanes) is 1. The Morgan fingerprint density at radius 2 is 1.60 bits per heavy atom. The van der Waals surface area contributed by atoms with E-state index in [0.29, 0.717) is 38.6 Å². The van der Waals surface area contributed by atoms with E-state index < -0.39 is 53.6 Å². The van der Waals surface area contributed by atoms with Crippen LogP contribution in [0.4, 0.5) is 0 Å². The van der Waals surface area contributed by atoms with Crippen molar-refractivity contribution in [3.8, 4) is 5.75 Å². The van der Waals surface area contributed by atoms with Crippen LogP contribution in [0.5, 0.6) is 5.75 Å². The number of pyridine rings is 1. The van der Waals surface area contributed by atoms with E-state index in [4.69, 9.17) is 16.2 Å². The number of nitrogens with two attached hydrogens (primary N) is 3. The summed E-state index contributed by atoms with van der Waals surface area (Å²) in [4.78, 5) is 108. The summed E-state index contributed by atoms with van der Waals surface area (Å²) in [5, 5.41) is 22.7. The van der Waals surface area contributed by atoms with Crippen molar-refractivity contribution in [1.82, 2.24) is 36.1 Å². The molecule has 0 unspecified atom stereocenters. The zero-order chi connectivity index (χ0) is 54.8. The number of hydrogen-bond acceptors (Lipinski definition) is 13. The Bertz CT molecular complexity index is 2290. The predicted molar refractivity (Wildman–Crippen MR) is 278 cm³/mol. The molecule has 73 heavy (non-hydrogen) atoms. The molecule has 2 aromatic carbocycles. The van der Waals surface area contributed by atoms with E-state index in [-0.39, 0.29) is 69.6 Å². The van der Waals surface area contributed by atoms with E-state index in [2.05, 4.69) is 57.1 Å². The molecule has 21 nitrogen and oxygen atoms in total. The zero-order valence-corrected chi connectivity index (χ0v) is 42.9. The van der Waals surface area contributed by atoms with Crippen LogP contribution in [0.3, 0.4) is 0 Å². The molecular formula is C52H76N10O11. The highest BCUT2D eigenvalue weighted by molar-refractivity contribution is 5.97. The fraction of sp³-hybridized carbons (Fsp3) is 0.442. The Morgan fingerprint density at radius 1 is 0.932 bits per heavy atom. The monoisotopic (exact) mass is 1020 g/mol. The van der Waals surface area contributed by atoms with Crippen LogP contribution in [-0.4, -0.2) is 139 Å². The number of rotatable bonds is 25. The smallest absolute Gasteiger partial charge is 0.246 e. The van der Waals surface area contributed by atoms with Gasteiger partial charge in [-0.1, -0.05) is 74.2 Å². The number of allylic oxidation sites excluding steroid dienone is 4. The second-order valence-electron chi connectivity index (χ2n) is 17.0. The van der Waals surface area contributed by atoms with E-state index in [0.717, 1.165) is 33.9 Å². The first-order chi connectivity index (χ1) is 34.7. The number of aromatic nitrogens is 1. The molecule has 11 N–H and O–H groups in total. The third kappa shape index (κ3) is 26.5. The van der Waals surface area contributed by atoms with Crippen LogP contribution in [0, 0.1) is 0 Å². The predicted octanol–water partition coefficient (Wildman–Crippen LogP) is 2.15. The fourth-order valence-corrected chi connectivity index (χ4v) is 6.86. The first kappa shape index (κ1) is 63.5. The van der Waals surface area contributed by atoms with Crippen molar-refractivity contribution in [1.29, 1.82) is 0 Å². The van der Waals surface area contributed by atoms with Gasteiger partial charge in [0.05, 0.1) is 20.1 Å². The van der Waals surface area contributed by atoms with Gasteiger partial charge in [0.25, 0.3) is 0 Å². The molecular weight excluding hydrogens is 941 g/mol. The maximum Gasteiger partial charge on any atom is 0.246 e. The van der Waals surface area contributed by atoms with Crippen molar-refractivity contribution in [3.63, 3.8) is 0 Å². The maximum absolute atomic E-state index is 14.1. The number of fused-ring (bicyclic) bond motifs is 1. The number of carbonyl (C=O) groups is 8. The third-order valence-electron chi connectivity index (χ3n) is 11.1. The van der Waals surface area contributed by atoms with E-state index in [1.54, 1.807) is 54.7 Å². The second kappa shape index (κ2) is 35.6. The number of hydrogen-bond donors (Lipinski definition) is 8. The Kier molecular flexibility index (Phi) is 31.0. The lowest BCUT2D eigenvalue weighted by Crippen LogP contribution is -2.64. The van der Waals surface area contributed by atoms with Crippen molar-refractivity contribution in [3.05, 3.63) is 109 Å². The molecule has 400 valence electrons. The van der Waals surface area contributed by atoms with Crippen molar-refractivity contribution in [2.24, 2.45) is 17.4 Å². The standard InChI is InChI=1S/C39H51N7O8.C8H12.C4H8N2O2.CH5NO/c1-26(47)46(2)19-4-3-7-32(37(52)43-33(24-34(40)49)36(51)42-18-14-28-6-5-17-41-25-28)44-38(53)39(15-20-54-21-16-39)45-35(50)13-9-27-8-10-30-23-31(48)12-11-29(30)22-27;1-4-6-7-8(3)5-2;1-6(3-7)2-4(5)8;1-3-2/h5-6,8,10-12,17,22-23,25,32-33,48H,3-4,7,9,13-16,18-21,24H2,1-2H3,(H2,40,49)(H,42,51)(H,43,52)(H,44,53)(H,45,50);4,6-7H,1,3,5H2,2H3;3H,2H2,1H3,(H2,5,8);2H2,1H3/b;7-6-;;/t32-,33-;;;/m0.../s1. The molecule has 0 radical (unpaired) electrons. The van der Waals surface area contributed by atoms with Crippen LogP contribution >= 0.6 is 0 Å². The van der Waals surface area contributed by atoms with Crippen molar-refractivity contribution < 1.29 is 53.0 Å². The summed E-state index contributed by atoms with van der Waals surface area (Å²) < 4.78 is 5.53. The summed E-state index contributed by atoms with van der Waals surface area (Å²) in [5.74, 6) is 0.862. The number of nitrogens with one attached hydrogen (secondary N) is 4. The Hall–Kier alpha value is -7.49. The number of nitrogens with zero attached hydrogens (tertiary/aromatic N) is 3. The number of aryl methyl sites for hydroxylation is 1. The van der Waals surface area contributed by atoms with E-state index in [1.165, 1.54) is 26.0 Å². The maximum atomic E-state index is 14.1. The SMILES string of the molecule is C=C/C=C\C(=C)CC.CC(=O)N(C)CCCC[C@H](NC(=O)C1(NC(=O)CCc2ccc3cc(O)ccc3c2)CCOCC1)C(=O)N[C@@H](CC(N)=O)C(=O)NCCc1cccnc1.CN(C=O)CC(N)=O.CON. The lowest BCUT2D eigenvalue weighted by molar-refractivity contribution is -0.140. The molecule has 1 aliphatic heterocycles. The van der Waals surface area contributed by atoms with Gasteiger partial charge in [-0.05, 0) is 78.6 Å². The minimum absolute atomic E-state index is 0.0104. The summed E-state index contributed by atoms with van der Waals surface area (Å²) in [5.41, 5.74) is 11.8. The van der Waals surface area contributed by atoms with Gasteiger partial charge in [-0.25, -0.2) is 5.90 Å². The van der Waals surface area contributed by atoms with Gasteiger partial charge in [0.2, 0.25) is 47.8 Å². The number of amides is 8. The van der Waals surface area contributed by atoms with Crippen LogP contribution in [0.1, 0.15) is 76.3 Å². The summed E-state index contributed by atoms with van der Waals surface area (Å²) in [6, 6.07) is 12.0. The molecule has 0 aliphatic carbocycles. The van der Waals surface area contributed by atoms with Gasteiger partial charge >= 0.3 is 0 Å². The largest absolute Gasteiger partial charge is 0.508 e. The van der Waals surface area contributed by atoms with Gasteiger partial charge in [-0.3, -0.25) is 43.3 Å². The molecule has 0 saturated carbocycles. The molecule has 0 spiro atoms. The average molecular weight is 1020 g/mol. The molecule has 3 aromatic rings. The number of aromatic hydroxyl groups is 1. The van der Waals surface area contributed by atoms with Crippen molar-refractivity contribution >= 4 is 58.5 Å². The molecule has 1 saturated heterocycles. The molecule has 8 amide bonds. The average Bonchev–Trinajstić information content (AvgIpc) is 3.36. The first-order valence-corrected chi connectivity index (χ1v) is 23.8. The number of phenols is 1. The van der Waals surface area contributed by atoms with Gasteiger partial charge in [-0.15, -0.1) is 0 Å². The van der Waals surface area contributed by atoms with E-state index in [1.807, 2.05) is 36.4 Å². The van der Waals surface area contributed by atoms with Crippen LogP contribution in [-0.2, 0) is 60.8 Å². The number of benzene rings is 2. The Balaban J connectivity index is 0.00000118. The molecule has 21 heteroatoms. The summed E-state index contributed by atoms with van der Waals surface area (Å²) in [6.45, 7) is 11.9. The van der Waals surface area contributed by atoms with Gasteiger partial charge in [0, 0.05) is 79.0 Å². The Morgan fingerprint density at radius 3 is 2.18 bits per heavy atom. The molecule has 2 heterocycles. The van der Waals surface area contributed by atoms with Crippen molar-refractivity contribution in [2.75, 3.05) is 54.1 Å². The highest BCUT2D eigenvalue weighted by atomic mass is 16.6. The lowest BCUT2D eigenvalue weighted by Gasteiger charge is -2.37. The van der Waals surface area contributed by atoms with Gasteiger partial charge in [0.1, 0.15) is 23.4 Å². The normalized spacial score (nSPS) is 13.0. The summed E-state index contributed by atoms with van der Waals surface area (Å²) >= 11 is 0. The highest BCUT2D eigenvalue weighted by Crippen LogP contribution is 2.24. The molecule has 1 aliphatic rings. The van der Waals surface area contributed by atoms with Crippen molar-refractivity contribution in [2.45, 2.75) is 95.7 Å². The van der Waals surface area contributed by atoms with Gasteiger partial charge in [0.15, 0.2) is 0 Å². The lowest BCUT2D eigenvalue weighted by atomic mass is 9.87. The molecule has 2 atom stereocenters. The van der Waals surface area contributed by atoms with E-state index >= 15 is 0 Å². The molecule has 0 bridgehead atoms. The highest BCUT2D eigenvalue weighted by Gasteiger charge is 2.43. The van der Waals surface area contributed by atoms with Crippen LogP contribution < -0.4 is 38.6 Å². The van der Waals surface area contributed by atoms with Crippen LogP contribution in [0.25, 0.3) is 10.8 Å². The minimum Gasteiger partial charge on any atom is -0.508 e. The number of ether oxygens (including phenoxy) is 1. The molecule has 1 aromatic heterocycles.